The average molecular weight is 264 g/mol. The summed E-state index contributed by atoms with van der Waals surface area (Å²) in [5.41, 5.74) is 0. The highest BCUT2D eigenvalue weighted by Gasteiger charge is 2.51. The first kappa shape index (κ1) is 8.60. The quantitative estimate of drug-likeness (QED) is 0.387. The molecule has 0 amide bonds. The van der Waals surface area contributed by atoms with Gasteiger partial charge in [-0.25, -0.2) is 0 Å². The number of halogens is 1. The van der Waals surface area contributed by atoms with Gasteiger partial charge in [0, 0.05) is 27.6 Å². The van der Waals surface area contributed by atoms with E-state index >= 15 is 0 Å². The zero-order valence-corrected chi connectivity index (χ0v) is 9.95. The molecule has 0 atom stereocenters. The predicted octanol–water partition coefficient (Wildman–Crippen LogP) is 3.25. The lowest BCUT2D eigenvalue weighted by Crippen LogP contribution is -2.28. The first-order valence-corrected chi connectivity index (χ1v) is 8.22. The maximum atomic E-state index is 3.37. The van der Waals surface area contributed by atoms with Gasteiger partial charge in [-0.15, -0.1) is 0 Å². The van der Waals surface area contributed by atoms with Crippen LogP contribution in [0.3, 0.4) is 0 Å². The predicted molar refractivity (Wildman–Crippen MR) is 57.1 cm³/mol. The zero-order valence-electron chi connectivity index (χ0n) is 6.79. The lowest BCUT2D eigenvalue weighted by atomic mass is 10.4. The van der Waals surface area contributed by atoms with Crippen LogP contribution >= 0.6 is 22.6 Å². The van der Waals surface area contributed by atoms with Gasteiger partial charge < -0.3 is 0 Å². The molecule has 0 N–H and O–H groups in total. The van der Waals surface area contributed by atoms with E-state index in [1.54, 1.807) is 0 Å². The second-order valence-corrected chi connectivity index (χ2v) is 10.0. The van der Waals surface area contributed by atoms with E-state index in [2.05, 4.69) is 52.1 Å². The first-order chi connectivity index (χ1) is 4.52. The van der Waals surface area contributed by atoms with E-state index in [4.69, 9.17) is 0 Å². The average Bonchev–Trinajstić information content (AvgIpc) is 2.45. The Hall–Kier alpha value is 0.507. The van der Waals surface area contributed by atoms with Gasteiger partial charge in [0.1, 0.15) is 0 Å². The fraction of sp³-hybridized carbons (Fsp3) is 0.750. The van der Waals surface area contributed by atoms with Gasteiger partial charge in [0.25, 0.3) is 0 Å². The molecule has 0 spiro atoms. The lowest BCUT2D eigenvalue weighted by molar-refractivity contribution is 1.11. The Balaban J connectivity index is 2.76. The van der Waals surface area contributed by atoms with Crippen LogP contribution in [0.5, 0.6) is 0 Å². The highest BCUT2D eigenvalue weighted by Crippen LogP contribution is 2.60. The third-order valence-corrected chi connectivity index (χ3v) is 6.24. The van der Waals surface area contributed by atoms with Crippen LogP contribution in [0.1, 0.15) is 12.8 Å². The molecule has 0 aromatic heterocycles. The molecular weight excluding hydrogens is 251 g/mol. The van der Waals surface area contributed by atoms with E-state index in [0.717, 1.165) is 0 Å². The van der Waals surface area contributed by atoms with Crippen molar-refractivity contribution in [3.05, 3.63) is 0 Å². The highest BCUT2D eigenvalue weighted by atomic mass is 127. The van der Waals surface area contributed by atoms with Crippen molar-refractivity contribution in [1.82, 2.24) is 0 Å². The van der Waals surface area contributed by atoms with Gasteiger partial charge in [-0.1, -0.05) is 25.6 Å². The van der Waals surface area contributed by atoms with Crippen LogP contribution < -0.4 is 0 Å². The van der Waals surface area contributed by atoms with Crippen LogP contribution in [0.2, 0.25) is 24.7 Å². The van der Waals surface area contributed by atoms with Gasteiger partial charge in [-0.3, -0.25) is 0 Å². The molecule has 0 aromatic carbocycles. The minimum atomic E-state index is -0.973. The molecule has 1 rings (SSSR count). The summed E-state index contributed by atoms with van der Waals surface area (Å²) in [5.74, 6) is 3.37. The summed E-state index contributed by atoms with van der Waals surface area (Å²) >= 11 is 2.15. The van der Waals surface area contributed by atoms with Gasteiger partial charge in [0.05, 0.1) is 8.07 Å². The minimum Gasteiger partial charge on any atom is -0.0883 e. The van der Waals surface area contributed by atoms with Crippen molar-refractivity contribution in [3.63, 3.8) is 0 Å². The standard InChI is InChI=1S/C8H13ISi/c1-10(2,3)8(4-5-8)6-7-9/h4-5H2,1-3H3. The highest BCUT2D eigenvalue weighted by molar-refractivity contribution is 14.1. The summed E-state index contributed by atoms with van der Waals surface area (Å²) in [6.07, 6.45) is 2.72. The Kier molecular flexibility index (Phi) is 2.17. The lowest BCUT2D eigenvalue weighted by Gasteiger charge is -2.22. The van der Waals surface area contributed by atoms with Crippen LogP contribution in [0.15, 0.2) is 0 Å². The second kappa shape index (κ2) is 2.52. The van der Waals surface area contributed by atoms with E-state index in [1.807, 2.05) is 0 Å². The molecule has 2 heteroatoms. The zero-order chi connectivity index (χ0) is 7.83. The summed E-state index contributed by atoms with van der Waals surface area (Å²) in [6.45, 7) is 7.25. The molecule has 0 heterocycles. The van der Waals surface area contributed by atoms with Crippen LogP contribution in [-0.4, -0.2) is 8.07 Å². The van der Waals surface area contributed by atoms with Crippen molar-refractivity contribution in [2.24, 2.45) is 0 Å². The molecule has 0 aromatic rings. The van der Waals surface area contributed by atoms with Gasteiger partial charge in [0.2, 0.25) is 0 Å². The normalized spacial score (nSPS) is 21.2. The molecule has 0 radical (unpaired) electrons. The van der Waals surface area contributed by atoms with E-state index in [9.17, 15) is 0 Å². The molecule has 1 aliphatic carbocycles. The topological polar surface area (TPSA) is 0 Å². The van der Waals surface area contributed by atoms with Crippen molar-refractivity contribution in [2.45, 2.75) is 37.5 Å². The van der Waals surface area contributed by atoms with Crippen molar-refractivity contribution in [3.8, 4) is 9.85 Å². The van der Waals surface area contributed by atoms with Crippen LogP contribution in [0.25, 0.3) is 0 Å². The Morgan fingerprint density at radius 2 is 1.80 bits per heavy atom. The van der Waals surface area contributed by atoms with Crippen LogP contribution in [0.4, 0.5) is 0 Å². The number of hydrogen-bond donors (Lipinski definition) is 0. The SMILES string of the molecule is C[Si](C)(C)C1(C#CI)CC1. The monoisotopic (exact) mass is 264 g/mol. The van der Waals surface area contributed by atoms with E-state index in [1.165, 1.54) is 12.8 Å². The van der Waals surface area contributed by atoms with Gasteiger partial charge >= 0.3 is 0 Å². The van der Waals surface area contributed by atoms with Crippen LogP contribution in [0, 0.1) is 9.85 Å². The van der Waals surface area contributed by atoms with E-state index < -0.39 is 8.07 Å². The molecule has 0 unspecified atom stereocenters. The van der Waals surface area contributed by atoms with Gasteiger partial charge in [0.15, 0.2) is 0 Å². The molecule has 0 bridgehead atoms. The number of hydrogen-bond acceptors (Lipinski definition) is 0. The molecule has 1 fully saturated rings. The second-order valence-electron chi connectivity index (χ2n) is 4.05. The summed E-state index contributed by atoms with van der Waals surface area (Å²) in [5, 5.41) is 0.508. The minimum absolute atomic E-state index is 0.508. The maximum Gasteiger partial charge on any atom is 0.0652 e. The third kappa shape index (κ3) is 1.40. The molecular formula is C8H13ISi. The fourth-order valence-corrected chi connectivity index (χ4v) is 4.11. The largest absolute Gasteiger partial charge is 0.0883 e. The van der Waals surface area contributed by atoms with Gasteiger partial charge in [-0.2, -0.15) is 0 Å². The van der Waals surface area contributed by atoms with Crippen molar-refractivity contribution in [2.75, 3.05) is 0 Å². The van der Waals surface area contributed by atoms with Crippen molar-refractivity contribution >= 4 is 30.7 Å². The smallest absolute Gasteiger partial charge is 0.0652 e. The molecule has 1 saturated carbocycles. The van der Waals surface area contributed by atoms with E-state index in [0.29, 0.717) is 5.04 Å². The molecule has 56 valence electrons. The van der Waals surface area contributed by atoms with Gasteiger partial charge in [-0.05, 0) is 16.8 Å². The molecule has 0 nitrogen and oxygen atoms in total. The fourth-order valence-electron chi connectivity index (χ4n) is 1.28. The van der Waals surface area contributed by atoms with Crippen molar-refractivity contribution in [1.29, 1.82) is 0 Å². The van der Waals surface area contributed by atoms with E-state index in [-0.39, 0.29) is 0 Å². The Morgan fingerprint density at radius 1 is 1.30 bits per heavy atom. The summed E-state index contributed by atoms with van der Waals surface area (Å²) in [4.78, 5) is 0. The maximum absolute atomic E-state index is 3.37. The first-order valence-electron chi connectivity index (χ1n) is 3.65. The molecule has 10 heavy (non-hydrogen) atoms. The Labute approximate surface area is 77.9 Å². The Morgan fingerprint density at radius 3 is 1.90 bits per heavy atom. The Bertz CT molecular complexity index is 188. The summed E-state index contributed by atoms with van der Waals surface area (Å²) in [7, 11) is -0.973. The molecule has 1 aliphatic rings. The third-order valence-electron chi connectivity index (χ3n) is 2.47. The van der Waals surface area contributed by atoms with Crippen LogP contribution in [-0.2, 0) is 0 Å². The summed E-state index contributed by atoms with van der Waals surface area (Å²) in [6, 6.07) is 0. The molecule has 0 aliphatic heterocycles. The molecule has 0 saturated heterocycles. The summed E-state index contributed by atoms with van der Waals surface area (Å²) < 4.78 is 3.03. The number of rotatable bonds is 1. The van der Waals surface area contributed by atoms with Crippen molar-refractivity contribution < 1.29 is 0 Å².